The van der Waals surface area contributed by atoms with Crippen molar-refractivity contribution in [1.82, 2.24) is 14.8 Å². The zero-order chi connectivity index (χ0) is 17.4. The van der Waals surface area contributed by atoms with E-state index in [1.165, 1.54) is 5.56 Å². The summed E-state index contributed by atoms with van der Waals surface area (Å²) in [6.45, 7) is 5.98. The van der Waals surface area contributed by atoms with Gasteiger partial charge >= 0.3 is 0 Å². The standard InChI is InChI=1S/C17H21N5OS/c1-9-6-5-7-14(19-9)20-17-12(16(18)23)8-13(24-17)15-10(2)21-22(4)11(15)3/h5-7,13H,8H2,1-4H3,(H2,18,23)(H,19,20). The maximum atomic E-state index is 11.9. The number of aryl methyl sites for hydroxylation is 3. The SMILES string of the molecule is Cc1cccc(NC2=C(C(N)=O)CC(c3c(C)nn(C)c3C)S2)n1. The first-order chi connectivity index (χ1) is 11.4. The predicted molar refractivity (Wildman–Crippen MR) is 96.4 cm³/mol. The Morgan fingerprint density at radius 3 is 2.71 bits per heavy atom. The van der Waals surface area contributed by atoms with Crippen LogP contribution in [-0.2, 0) is 11.8 Å². The van der Waals surface area contributed by atoms with Gasteiger partial charge in [-0.1, -0.05) is 17.8 Å². The van der Waals surface area contributed by atoms with E-state index in [1.54, 1.807) is 11.8 Å². The average Bonchev–Trinajstić information content (AvgIpc) is 3.01. The summed E-state index contributed by atoms with van der Waals surface area (Å²) in [5.41, 5.74) is 10.4. The van der Waals surface area contributed by atoms with Crippen molar-refractivity contribution >= 4 is 23.5 Å². The van der Waals surface area contributed by atoms with Gasteiger partial charge in [-0.15, -0.1) is 0 Å². The number of rotatable bonds is 4. The number of nitrogens with two attached hydrogens (primary N) is 1. The summed E-state index contributed by atoms with van der Waals surface area (Å²) in [5.74, 6) is 0.330. The number of primary amides is 1. The Kier molecular flexibility index (Phi) is 4.36. The number of thioether (sulfide) groups is 1. The monoisotopic (exact) mass is 343 g/mol. The van der Waals surface area contributed by atoms with Crippen LogP contribution in [0.5, 0.6) is 0 Å². The van der Waals surface area contributed by atoms with E-state index in [0.717, 1.165) is 27.9 Å². The van der Waals surface area contributed by atoms with Crippen molar-refractivity contribution < 1.29 is 4.79 Å². The van der Waals surface area contributed by atoms with Crippen LogP contribution >= 0.6 is 11.8 Å². The highest BCUT2D eigenvalue weighted by Crippen LogP contribution is 2.49. The van der Waals surface area contributed by atoms with Crippen LogP contribution in [0.2, 0.25) is 0 Å². The number of amides is 1. The number of hydrogen-bond acceptors (Lipinski definition) is 5. The third kappa shape index (κ3) is 3.03. The van der Waals surface area contributed by atoms with E-state index in [9.17, 15) is 4.79 Å². The first-order valence-electron chi connectivity index (χ1n) is 7.77. The van der Waals surface area contributed by atoms with Gasteiger partial charge in [0.1, 0.15) is 5.82 Å². The minimum absolute atomic E-state index is 0.133. The molecule has 1 aliphatic rings. The van der Waals surface area contributed by atoms with Crippen LogP contribution < -0.4 is 11.1 Å². The van der Waals surface area contributed by atoms with Crippen LogP contribution in [0.3, 0.4) is 0 Å². The molecule has 0 bridgehead atoms. The first kappa shape index (κ1) is 16.6. The van der Waals surface area contributed by atoms with E-state index in [0.29, 0.717) is 12.0 Å². The molecule has 0 aromatic carbocycles. The van der Waals surface area contributed by atoms with E-state index in [2.05, 4.69) is 15.4 Å². The molecular weight excluding hydrogens is 322 g/mol. The smallest absolute Gasteiger partial charge is 0.247 e. The van der Waals surface area contributed by atoms with Crippen LogP contribution in [0.1, 0.15) is 34.3 Å². The van der Waals surface area contributed by atoms with Crippen LogP contribution in [0.4, 0.5) is 5.82 Å². The highest BCUT2D eigenvalue weighted by atomic mass is 32.2. The maximum absolute atomic E-state index is 11.9. The molecule has 0 aliphatic carbocycles. The van der Waals surface area contributed by atoms with E-state index in [-0.39, 0.29) is 11.2 Å². The summed E-state index contributed by atoms with van der Waals surface area (Å²) >= 11 is 1.62. The van der Waals surface area contributed by atoms with Crippen LogP contribution in [-0.4, -0.2) is 20.7 Å². The Labute approximate surface area is 145 Å². The molecule has 1 atom stereocenters. The lowest BCUT2D eigenvalue weighted by Gasteiger charge is -2.12. The third-order valence-corrected chi connectivity index (χ3v) is 5.51. The molecule has 0 radical (unpaired) electrons. The summed E-state index contributed by atoms with van der Waals surface area (Å²) < 4.78 is 1.88. The fourth-order valence-electron chi connectivity index (χ4n) is 3.00. The lowest BCUT2D eigenvalue weighted by atomic mass is 10.0. The Hall–Kier alpha value is -2.28. The highest BCUT2D eigenvalue weighted by molar-refractivity contribution is 8.03. The molecule has 3 N–H and O–H groups in total. The molecule has 0 saturated heterocycles. The third-order valence-electron chi connectivity index (χ3n) is 4.24. The lowest BCUT2D eigenvalue weighted by Crippen LogP contribution is -2.16. The molecule has 6 nitrogen and oxygen atoms in total. The molecule has 2 aromatic rings. The second-order valence-electron chi connectivity index (χ2n) is 5.98. The molecule has 7 heteroatoms. The number of pyridine rings is 1. The van der Waals surface area contributed by atoms with E-state index in [1.807, 2.05) is 50.7 Å². The molecule has 2 aromatic heterocycles. The van der Waals surface area contributed by atoms with Gasteiger partial charge in [0.25, 0.3) is 0 Å². The van der Waals surface area contributed by atoms with E-state index >= 15 is 0 Å². The number of carbonyl (C=O) groups excluding carboxylic acids is 1. The Balaban J connectivity index is 1.90. The van der Waals surface area contributed by atoms with Crippen LogP contribution in [0, 0.1) is 20.8 Å². The van der Waals surface area contributed by atoms with Crippen molar-refractivity contribution in [1.29, 1.82) is 0 Å². The summed E-state index contributed by atoms with van der Waals surface area (Å²) in [7, 11) is 1.93. The number of hydrogen-bond donors (Lipinski definition) is 2. The first-order valence-corrected chi connectivity index (χ1v) is 8.65. The number of nitrogens with zero attached hydrogens (tertiary/aromatic N) is 3. The van der Waals surface area contributed by atoms with Crippen molar-refractivity contribution in [3.8, 4) is 0 Å². The highest BCUT2D eigenvalue weighted by Gasteiger charge is 2.32. The fourth-order valence-corrected chi connectivity index (χ4v) is 4.48. The van der Waals surface area contributed by atoms with Crippen molar-refractivity contribution in [2.75, 3.05) is 5.32 Å². The summed E-state index contributed by atoms with van der Waals surface area (Å²) in [5, 5.41) is 8.66. The molecule has 0 spiro atoms. The van der Waals surface area contributed by atoms with Crippen molar-refractivity contribution in [3.63, 3.8) is 0 Å². The summed E-state index contributed by atoms with van der Waals surface area (Å²) in [6, 6.07) is 5.75. The molecule has 3 heterocycles. The zero-order valence-corrected chi connectivity index (χ0v) is 15.1. The van der Waals surface area contributed by atoms with Gasteiger partial charge in [0, 0.05) is 34.8 Å². The number of carbonyl (C=O) groups is 1. The molecule has 126 valence electrons. The fraction of sp³-hybridized carbons (Fsp3) is 0.353. The summed E-state index contributed by atoms with van der Waals surface area (Å²) in [6.07, 6.45) is 0.599. The Morgan fingerprint density at radius 2 is 2.12 bits per heavy atom. The van der Waals surface area contributed by atoms with Gasteiger partial charge in [-0.3, -0.25) is 9.48 Å². The summed E-state index contributed by atoms with van der Waals surface area (Å²) in [4.78, 5) is 16.3. The van der Waals surface area contributed by atoms with Gasteiger partial charge in [0.2, 0.25) is 5.91 Å². The molecule has 24 heavy (non-hydrogen) atoms. The molecule has 0 fully saturated rings. The molecular formula is C17H21N5OS. The molecule has 3 rings (SSSR count). The van der Waals surface area contributed by atoms with Gasteiger partial charge in [-0.25, -0.2) is 4.98 Å². The minimum Gasteiger partial charge on any atom is -0.366 e. The molecule has 1 aliphatic heterocycles. The van der Waals surface area contributed by atoms with Crippen LogP contribution in [0.25, 0.3) is 0 Å². The lowest BCUT2D eigenvalue weighted by molar-refractivity contribution is -0.114. The average molecular weight is 343 g/mol. The second-order valence-corrected chi connectivity index (χ2v) is 7.19. The van der Waals surface area contributed by atoms with Gasteiger partial charge in [0.15, 0.2) is 0 Å². The van der Waals surface area contributed by atoms with E-state index < -0.39 is 0 Å². The zero-order valence-electron chi connectivity index (χ0n) is 14.3. The van der Waals surface area contributed by atoms with Gasteiger partial charge in [-0.2, -0.15) is 5.10 Å². The van der Waals surface area contributed by atoms with E-state index in [4.69, 9.17) is 5.73 Å². The Morgan fingerprint density at radius 1 is 1.38 bits per heavy atom. The normalized spacial score (nSPS) is 17.4. The van der Waals surface area contributed by atoms with Crippen molar-refractivity contribution in [3.05, 3.63) is 51.4 Å². The van der Waals surface area contributed by atoms with Crippen molar-refractivity contribution in [2.45, 2.75) is 32.4 Å². The number of aromatic nitrogens is 3. The van der Waals surface area contributed by atoms with Gasteiger partial charge < -0.3 is 11.1 Å². The minimum atomic E-state index is -0.389. The van der Waals surface area contributed by atoms with Crippen molar-refractivity contribution in [2.24, 2.45) is 12.8 Å². The number of nitrogens with one attached hydrogen (secondary N) is 1. The molecule has 1 amide bonds. The quantitative estimate of drug-likeness (QED) is 0.891. The maximum Gasteiger partial charge on any atom is 0.247 e. The molecule has 1 unspecified atom stereocenters. The predicted octanol–water partition coefficient (Wildman–Crippen LogP) is 2.73. The van der Waals surface area contributed by atoms with Crippen LogP contribution in [0.15, 0.2) is 28.8 Å². The van der Waals surface area contributed by atoms with Gasteiger partial charge in [0.05, 0.1) is 10.7 Å². The number of anilines is 1. The topological polar surface area (TPSA) is 85.8 Å². The largest absolute Gasteiger partial charge is 0.366 e. The molecule has 0 saturated carbocycles. The van der Waals surface area contributed by atoms with Gasteiger partial charge in [-0.05, 0) is 39.3 Å². The second kappa shape index (κ2) is 6.32. The Bertz CT molecular complexity index is 840.